The minimum atomic E-state index is -0.611. The molecule has 324 valence electrons. The predicted molar refractivity (Wildman–Crippen MR) is 289 cm³/mol. The van der Waals surface area contributed by atoms with Gasteiger partial charge in [-0.2, -0.15) is 0 Å². The van der Waals surface area contributed by atoms with Gasteiger partial charge in [0.25, 0.3) is 0 Å². The standard InChI is InChI=1S/C66H49NS/c1-4-43-39-56(44-19-8-5-9-20-44)64-57(40-43)54-38-36-50(42-60(54)66(64,46-21-10-6-11-22-46)47-23-12-7-13-24-47)67(49-35-37-53-52-25-14-16-28-58(52)65(2,3)59(53)41-49)48-33-31-45(32-34-48)51-27-18-30-62-63(51)55-26-15-17-29-61(55)68-62/h5-42H,4H2,1-3H3. The first-order valence-corrected chi connectivity index (χ1v) is 24.8. The van der Waals surface area contributed by atoms with E-state index in [1.54, 1.807) is 0 Å². The largest absolute Gasteiger partial charge is 0.310 e. The van der Waals surface area contributed by atoms with Gasteiger partial charge in [-0.05, 0) is 138 Å². The van der Waals surface area contributed by atoms with Crippen LogP contribution in [0.2, 0.25) is 0 Å². The lowest BCUT2D eigenvalue weighted by Gasteiger charge is -2.36. The van der Waals surface area contributed by atoms with Crippen LogP contribution in [-0.4, -0.2) is 0 Å². The zero-order valence-electron chi connectivity index (χ0n) is 38.5. The van der Waals surface area contributed by atoms with Crippen molar-refractivity contribution in [3.63, 3.8) is 0 Å². The van der Waals surface area contributed by atoms with Gasteiger partial charge in [-0.1, -0.05) is 203 Å². The van der Waals surface area contributed by atoms with Gasteiger partial charge in [0.2, 0.25) is 0 Å². The normalized spacial score (nSPS) is 13.8. The van der Waals surface area contributed by atoms with E-state index >= 15 is 0 Å². The molecular formula is C66H49NS. The first-order valence-electron chi connectivity index (χ1n) is 24.0. The quantitative estimate of drug-likeness (QED) is 0.147. The average Bonchev–Trinajstić information content (AvgIpc) is 4.00. The number of rotatable bonds is 8. The van der Waals surface area contributed by atoms with Crippen LogP contribution >= 0.6 is 11.3 Å². The highest BCUT2D eigenvalue weighted by molar-refractivity contribution is 7.25. The molecule has 0 bridgehead atoms. The van der Waals surface area contributed by atoms with Crippen molar-refractivity contribution in [3.05, 3.63) is 269 Å². The van der Waals surface area contributed by atoms with Crippen molar-refractivity contribution in [3.8, 4) is 44.5 Å². The number of anilines is 3. The Balaban J connectivity index is 1.06. The van der Waals surface area contributed by atoms with Gasteiger partial charge in [-0.25, -0.2) is 0 Å². The van der Waals surface area contributed by atoms with Crippen LogP contribution in [0, 0.1) is 0 Å². The Morgan fingerprint density at radius 3 is 1.63 bits per heavy atom. The second kappa shape index (κ2) is 15.7. The molecule has 0 unspecified atom stereocenters. The SMILES string of the molecule is CCc1cc(-c2ccccc2)c2c(c1)-c1ccc(N(c3ccc(-c4cccc5sc6ccccc6c45)cc3)c3ccc4c(c3)C(C)(C)c3ccccc3-4)cc1C2(c1ccccc1)c1ccccc1. The maximum Gasteiger partial charge on any atom is 0.0720 e. The first kappa shape index (κ1) is 40.5. The van der Waals surface area contributed by atoms with Gasteiger partial charge in [-0.3, -0.25) is 0 Å². The van der Waals surface area contributed by atoms with Gasteiger partial charge < -0.3 is 4.90 Å². The van der Waals surface area contributed by atoms with Gasteiger partial charge >= 0.3 is 0 Å². The number of hydrogen-bond acceptors (Lipinski definition) is 2. The van der Waals surface area contributed by atoms with Crippen molar-refractivity contribution >= 4 is 48.6 Å². The molecule has 2 heteroatoms. The number of nitrogens with zero attached hydrogens (tertiary/aromatic N) is 1. The zero-order chi connectivity index (χ0) is 45.6. The first-order chi connectivity index (χ1) is 33.4. The summed E-state index contributed by atoms with van der Waals surface area (Å²) in [6.07, 6.45) is 0.948. The monoisotopic (exact) mass is 887 g/mol. The van der Waals surface area contributed by atoms with Gasteiger partial charge in [0.15, 0.2) is 0 Å². The lowest BCUT2D eigenvalue weighted by atomic mass is 9.66. The van der Waals surface area contributed by atoms with E-state index in [-0.39, 0.29) is 5.41 Å². The molecule has 0 atom stereocenters. The molecule has 0 radical (unpaired) electrons. The minimum Gasteiger partial charge on any atom is -0.310 e. The fourth-order valence-corrected chi connectivity index (χ4v) is 13.1. The van der Waals surface area contributed by atoms with E-state index in [2.05, 4.69) is 256 Å². The number of fused-ring (bicyclic) bond motifs is 9. The molecule has 0 spiro atoms. The molecule has 0 saturated carbocycles. The van der Waals surface area contributed by atoms with Crippen molar-refractivity contribution < 1.29 is 0 Å². The molecule has 1 aromatic heterocycles. The summed E-state index contributed by atoms with van der Waals surface area (Å²) in [6, 6.07) is 86.8. The van der Waals surface area contributed by atoms with Crippen LogP contribution < -0.4 is 4.90 Å². The average molecular weight is 888 g/mol. The molecule has 68 heavy (non-hydrogen) atoms. The third-order valence-corrected chi connectivity index (χ3v) is 16.2. The van der Waals surface area contributed by atoms with Crippen molar-refractivity contribution in [2.24, 2.45) is 0 Å². The van der Waals surface area contributed by atoms with E-state index in [0.29, 0.717) is 0 Å². The summed E-state index contributed by atoms with van der Waals surface area (Å²) in [5.41, 5.74) is 22.1. The third-order valence-electron chi connectivity index (χ3n) is 15.1. The van der Waals surface area contributed by atoms with Crippen LogP contribution in [0.25, 0.3) is 64.7 Å². The Bertz CT molecular complexity index is 3690. The van der Waals surface area contributed by atoms with Crippen LogP contribution in [0.15, 0.2) is 231 Å². The number of thiophene rings is 1. The maximum atomic E-state index is 2.52. The molecule has 10 aromatic carbocycles. The Morgan fingerprint density at radius 1 is 0.397 bits per heavy atom. The summed E-state index contributed by atoms with van der Waals surface area (Å²) in [6.45, 7) is 7.04. The summed E-state index contributed by atoms with van der Waals surface area (Å²) in [5, 5.41) is 2.65. The van der Waals surface area contributed by atoms with E-state index in [1.807, 2.05) is 11.3 Å². The molecule has 2 aliphatic rings. The summed E-state index contributed by atoms with van der Waals surface area (Å²) in [5.74, 6) is 0. The highest BCUT2D eigenvalue weighted by atomic mass is 32.1. The molecule has 13 rings (SSSR count). The molecule has 2 aliphatic carbocycles. The smallest absolute Gasteiger partial charge is 0.0720 e. The second-order valence-corrected chi connectivity index (χ2v) is 20.1. The van der Waals surface area contributed by atoms with Crippen molar-refractivity contribution in [2.45, 2.75) is 38.0 Å². The van der Waals surface area contributed by atoms with Crippen molar-refractivity contribution in [2.75, 3.05) is 4.90 Å². The molecule has 0 saturated heterocycles. The highest BCUT2D eigenvalue weighted by Gasteiger charge is 2.48. The van der Waals surface area contributed by atoms with Gasteiger partial charge in [-0.15, -0.1) is 11.3 Å². The summed E-state index contributed by atoms with van der Waals surface area (Å²) >= 11 is 1.87. The number of aryl methyl sites for hydroxylation is 1. The Morgan fingerprint density at radius 2 is 0.926 bits per heavy atom. The summed E-state index contributed by atoms with van der Waals surface area (Å²) < 4.78 is 2.64. The lowest BCUT2D eigenvalue weighted by Crippen LogP contribution is -2.29. The van der Waals surface area contributed by atoms with E-state index in [4.69, 9.17) is 0 Å². The number of benzene rings is 10. The topological polar surface area (TPSA) is 3.24 Å². The van der Waals surface area contributed by atoms with Crippen molar-refractivity contribution in [1.29, 1.82) is 0 Å². The van der Waals surface area contributed by atoms with E-state index in [9.17, 15) is 0 Å². The fraction of sp³-hybridized carbons (Fsp3) is 0.0909. The molecule has 0 N–H and O–H groups in total. The molecule has 1 nitrogen and oxygen atoms in total. The molecular weight excluding hydrogens is 839 g/mol. The van der Waals surface area contributed by atoms with Crippen LogP contribution in [0.3, 0.4) is 0 Å². The molecule has 0 fully saturated rings. The maximum absolute atomic E-state index is 2.52. The molecule has 0 amide bonds. The zero-order valence-corrected chi connectivity index (χ0v) is 39.3. The predicted octanol–water partition coefficient (Wildman–Crippen LogP) is 18.1. The van der Waals surface area contributed by atoms with Gasteiger partial charge in [0, 0.05) is 42.6 Å². The van der Waals surface area contributed by atoms with Crippen LogP contribution in [0.1, 0.15) is 59.7 Å². The Labute approximate surface area is 403 Å². The third kappa shape index (κ3) is 6.00. The number of hydrogen-bond donors (Lipinski definition) is 0. The Hall–Kier alpha value is -7.78. The fourth-order valence-electron chi connectivity index (χ4n) is 11.9. The molecule has 0 aliphatic heterocycles. The summed E-state index contributed by atoms with van der Waals surface area (Å²) in [4.78, 5) is 2.50. The highest BCUT2D eigenvalue weighted by Crippen LogP contribution is 2.60. The van der Waals surface area contributed by atoms with E-state index in [1.165, 1.54) is 104 Å². The van der Waals surface area contributed by atoms with E-state index in [0.717, 1.165) is 23.5 Å². The molecule has 1 heterocycles. The van der Waals surface area contributed by atoms with Crippen molar-refractivity contribution in [1.82, 2.24) is 0 Å². The lowest BCUT2D eigenvalue weighted by molar-refractivity contribution is 0.660. The van der Waals surface area contributed by atoms with Crippen LogP contribution in [0.4, 0.5) is 17.1 Å². The van der Waals surface area contributed by atoms with Crippen LogP contribution in [-0.2, 0) is 17.3 Å². The van der Waals surface area contributed by atoms with E-state index < -0.39 is 5.41 Å². The Kier molecular flexibility index (Phi) is 9.32. The summed E-state index contributed by atoms with van der Waals surface area (Å²) in [7, 11) is 0. The van der Waals surface area contributed by atoms with Gasteiger partial charge in [0.05, 0.1) is 5.41 Å². The minimum absolute atomic E-state index is 0.153. The molecule has 11 aromatic rings. The second-order valence-electron chi connectivity index (χ2n) is 19.1. The van der Waals surface area contributed by atoms with Crippen LogP contribution in [0.5, 0.6) is 0 Å². The van der Waals surface area contributed by atoms with Gasteiger partial charge in [0.1, 0.15) is 0 Å².